The van der Waals surface area contributed by atoms with Crippen molar-refractivity contribution in [2.75, 3.05) is 20.2 Å². The molecule has 94 valence electrons. The number of hydrogen-bond donors (Lipinski definition) is 0. The van der Waals surface area contributed by atoms with Crippen LogP contribution >= 0.6 is 11.6 Å². The second kappa shape index (κ2) is 6.34. The summed E-state index contributed by atoms with van der Waals surface area (Å²) < 4.78 is 5.72. The smallest absolute Gasteiger partial charge is 0.0702 e. The quantitative estimate of drug-likeness (QED) is 0.826. The first-order valence-corrected chi connectivity index (χ1v) is 6.52. The third kappa shape index (κ3) is 4.26. The van der Waals surface area contributed by atoms with Crippen molar-refractivity contribution in [2.45, 2.75) is 31.9 Å². The molecule has 1 atom stereocenters. The molecule has 1 unspecified atom stereocenters. The van der Waals surface area contributed by atoms with Crippen molar-refractivity contribution in [1.29, 1.82) is 0 Å². The number of halogens is 1. The highest BCUT2D eigenvalue weighted by molar-refractivity contribution is 6.30. The van der Waals surface area contributed by atoms with E-state index in [-0.39, 0.29) is 0 Å². The zero-order valence-electron chi connectivity index (χ0n) is 10.2. The van der Waals surface area contributed by atoms with Crippen LogP contribution in [-0.2, 0) is 11.3 Å². The third-order valence-electron chi connectivity index (χ3n) is 3.00. The summed E-state index contributed by atoms with van der Waals surface area (Å²) in [5.41, 5.74) is 1.01. The molecular weight excluding hydrogens is 236 g/mol. The summed E-state index contributed by atoms with van der Waals surface area (Å²) >= 11 is 5.94. The van der Waals surface area contributed by atoms with Crippen LogP contribution in [0.3, 0.4) is 0 Å². The Bertz CT molecular complexity index is 353. The van der Waals surface area contributed by atoms with Crippen LogP contribution in [0.2, 0.25) is 5.02 Å². The van der Waals surface area contributed by atoms with Crippen LogP contribution < -0.4 is 0 Å². The molecule has 2 heterocycles. The minimum absolute atomic E-state index is 0.382. The van der Waals surface area contributed by atoms with Crippen molar-refractivity contribution in [3.05, 3.63) is 29.0 Å². The molecule has 0 radical (unpaired) electrons. The molecule has 0 amide bonds. The normalized spacial score (nSPS) is 20.8. The van der Waals surface area contributed by atoms with E-state index >= 15 is 0 Å². The minimum Gasteiger partial charge on any atom is -0.377 e. The Morgan fingerprint density at radius 1 is 1.53 bits per heavy atom. The molecule has 17 heavy (non-hydrogen) atoms. The summed E-state index contributed by atoms with van der Waals surface area (Å²) in [5, 5.41) is 0.748. The van der Waals surface area contributed by atoms with E-state index in [1.54, 1.807) is 12.3 Å². The van der Waals surface area contributed by atoms with Gasteiger partial charge in [0.1, 0.15) is 0 Å². The lowest BCUT2D eigenvalue weighted by Crippen LogP contribution is -2.33. The van der Waals surface area contributed by atoms with Crippen molar-refractivity contribution in [3.8, 4) is 0 Å². The van der Waals surface area contributed by atoms with Gasteiger partial charge in [-0.1, -0.05) is 11.6 Å². The summed E-state index contributed by atoms with van der Waals surface area (Å²) in [6, 6.07) is 3.72. The van der Waals surface area contributed by atoms with Crippen LogP contribution in [0.25, 0.3) is 0 Å². The fourth-order valence-corrected chi connectivity index (χ4v) is 2.36. The van der Waals surface area contributed by atoms with E-state index in [0.29, 0.717) is 6.10 Å². The van der Waals surface area contributed by atoms with Crippen molar-refractivity contribution in [3.63, 3.8) is 0 Å². The van der Waals surface area contributed by atoms with Crippen LogP contribution in [0.1, 0.15) is 25.0 Å². The Morgan fingerprint density at radius 3 is 3.12 bits per heavy atom. The first-order valence-electron chi connectivity index (χ1n) is 6.14. The number of aromatic nitrogens is 1. The van der Waals surface area contributed by atoms with Gasteiger partial charge < -0.3 is 4.74 Å². The van der Waals surface area contributed by atoms with E-state index in [2.05, 4.69) is 16.9 Å². The van der Waals surface area contributed by atoms with E-state index in [1.165, 1.54) is 19.3 Å². The van der Waals surface area contributed by atoms with Gasteiger partial charge in [0.05, 0.1) is 11.8 Å². The molecule has 0 saturated carbocycles. The highest BCUT2D eigenvalue weighted by Crippen LogP contribution is 2.15. The molecule has 0 aliphatic carbocycles. The van der Waals surface area contributed by atoms with E-state index in [4.69, 9.17) is 16.3 Å². The zero-order valence-corrected chi connectivity index (χ0v) is 11.0. The molecular formula is C13H19ClN2O. The minimum atomic E-state index is 0.382. The summed E-state index contributed by atoms with van der Waals surface area (Å²) in [4.78, 5) is 6.55. The van der Waals surface area contributed by atoms with Crippen molar-refractivity contribution < 1.29 is 4.74 Å². The standard InChI is InChI=1S/C13H19ClN2O/c1-16(10-13-4-2-3-7-17-13)9-12-8-11(14)5-6-15-12/h5-6,8,13H,2-4,7,9-10H2,1H3. The summed E-state index contributed by atoms with van der Waals surface area (Å²) in [7, 11) is 2.10. The Morgan fingerprint density at radius 2 is 2.41 bits per heavy atom. The molecule has 0 N–H and O–H groups in total. The number of rotatable bonds is 4. The zero-order chi connectivity index (χ0) is 12.1. The molecule has 1 aromatic rings. The first kappa shape index (κ1) is 12.8. The van der Waals surface area contributed by atoms with Gasteiger partial charge in [0, 0.05) is 30.9 Å². The average Bonchev–Trinajstić information content (AvgIpc) is 2.30. The molecule has 1 aromatic heterocycles. The maximum Gasteiger partial charge on any atom is 0.0702 e. The van der Waals surface area contributed by atoms with Crippen molar-refractivity contribution in [2.24, 2.45) is 0 Å². The average molecular weight is 255 g/mol. The van der Waals surface area contributed by atoms with Gasteiger partial charge in [-0.05, 0) is 38.4 Å². The van der Waals surface area contributed by atoms with Crippen molar-refractivity contribution >= 4 is 11.6 Å². The monoisotopic (exact) mass is 254 g/mol. The molecule has 1 fully saturated rings. The summed E-state index contributed by atoms with van der Waals surface area (Å²) in [5.74, 6) is 0. The molecule has 2 rings (SSSR count). The molecule has 1 aliphatic rings. The lowest BCUT2D eigenvalue weighted by atomic mass is 10.1. The molecule has 0 spiro atoms. The molecule has 0 aromatic carbocycles. The fourth-order valence-electron chi connectivity index (χ4n) is 2.18. The Balaban J connectivity index is 1.82. The first-order chi connectivity index (χ1) is 8.24. The summed E-state index contributed by atoms with van der Waals surface area (Å²) in [6.45, 7) is 2.70. The highest BCUT2D eigenvalue weighted by atomic mass is 35.5. The van der Waals surface area contributed by atoms with Gasteiger partial charge >= 0.3 is 0 Å². The predicted molar refractivity (Wildman–Crippen MR) is 69.2 cm³/mol. The van der Waals surface area contributed by atoms with E-state index in [9.17, 15) is 0 Å². The second-order valence-corrected chi connectivity index (χ2v) is 5.09. The van der Waals surface area contributed by atoms with Gasteiger partial charge in [-0.2, -0.15) is 0 Å². The van der Waals surface area contributed by atoms with E-state index < -0.39 is 0 Å². The molecule has 3 nitrogen and oxygen atoms in total. The Kier molecular flexibility index (Phi) is 4.77. The summed E-state index contributed by atoms with van der Waals surface area (Å²) in [6.07, 6.45) is 5.80. The highest BCUT2D eigenvalue weighted by Gasteiger charge is 2.16. The fraction of sp³-hybridized carbons (Fsp3) is 0.615. The maximum absolute atomic E-state index is 5.94. The van der Waals surface area contributed by atoms with E-state index in [1.807, 2.05) is 6.07 Å². The van der Waals surface area contributed by atoms with Gasteiger partial charge in [0.2, 0.25) is 0 Å². The lowest BCUT2D eigenvalue weighted by molar-refractivity contribution is -0.00274. The van der Waals surface area contributed by atoms with Crippen molar-refractivity contribution in [1.82, 2.24) is 9.88 Å². The number of ether oxygens (including phenoxy) is 1. The van der Waals surface area contributed by atoms with Gasteiger partial charge in [-0.3, -0.25) is 9.88 Å². The number of nitrogens with zero attached hydrogens (tertiary/aromatic N) is 2. The largest absolute Gasteiger partial charge is 0.377 e. The van der Waals surface area contributed by atoms with Gasteiger partial charge in [0.25, 0.3) is 0 Å². The number of hydrogen-bond acceptors (Lipinski definition) is 3. The molecule has 4 heteroatoms. The Hall–Kier alpha value is -0.640. The lowest BCUT2D eigenvalue weighted by Gasteiger charge is -2.27. The predicted octanol–water partition coefficient (Wildman–Crippen LogP) is 2.74. The van der Waals surface area contributed by atoms with Gasteiger partial charge in [-0.15, -0.1) is 0 Å². The topological polar surface area (TPSA) is 25.4 Å². The van der Waals surface area contributed by atoms with E-state index in [0.717, 1.165) is 30.4 Å². The molecule has 1 aliphatic heterocycles. The van der Waals surface area contributed by atoms with Gasteiger partial charge in [-0.25, -0.2) is 0 Å². The number of likely N-dealkylation sites (N-methyl/N-ethyl adjacent to an activating group) is 1. The van der Waals surface area contributed by atoms with Crippen LogP contribution in [0, 0.1) is 0 Å². The van der Waals surface area contributed by atoms with Crippen LogP contribution in [-0.4, -0.2) is 36.2 Å². The molecule has 0 bridgehead atoms. The second-order valence-electron chi connectivity index (χ2n) is 4.65. The van der Waals surface area contributed by atoms with Crippen LogP contribution in [0.15, 0.2) is 18.3 Å². The third-order valence-corrected chi connectivity index (χ3v) is 3.23. The van der Waals surface area contributed by atoms with Gasteiger partial charge in [0.15, 0.2) is 0 Å². The molecule has 1 saturated heterocycles. The Labute approximate surface area is 108 Å². The SMILES string of the molecule is CN(Cc1cc(Cl)ccn1)CC1CCCCO1. The van der Waals surface area contributed by atoms with Crippen LogP contribution in [0.5, 0.6) is 0 Å². The maximum atomic E-state index is 5.94. The van der Waals surface area contributed by atoms with Crippen LogP contribution in [0.4, 0.5) is 0 Å². The number of pyridine rings is 1.